The van der Waals surface area contributed by atoms with Crippen molar-refractivity contribution in [3.05, 3.63) is 0 Å². The summed E-state index contributed by atoms with van der Waals surface area (Å²) in [5.41, 5.74) is 0. The second-order valence-electron chi connectivity index (χ2n) is 17.2. The molecule has 0 aromatic heterocycles. The van der Waals surface area contributed by atoms with E-state index in [1.54, 1.807) is 0 Å². The van der Waals surface area contributed by atoms with Crippen LogP contribution >= 0.6 is 0 Å². The summed E-state index contributed by atoms with van der Waals surface area (Å²) in [4.78, 5) is 13.1. The fraction of sp³-hybridized carbons (Fsp3) is 0.978. The smallest absolute Gasteiger partial charge is 0.220 e. The quantitative estimate of drug-likeness (QED) is 0.0377. The Balaban J connectivity index is 1.83. The summed E-state index contributed by atoms with van der Waals surface area (Å²) in [5, 5.41) is 86.5. The molecule has 0 radical (unpaired) electrons. The van der Waals surface area contributed by atoms with Crippen LogP contribution in [0, 0.1) is 0 Å². The number of ether oxygens (including phenoxy) is 4. The van der Waals surface area contributed by atoms with Gasteiger partial charge >= 0.3 is 0 Å². The number of nitrogens with one attached hydrogen (secondary N) is 1. The number of rotatable bonds is 36. The maximum Gasteiger partial charge on any atom is 0.220 e. The molecule has 14 nitrogen and oxygen atoms in total. The van der Waals surface area contributed by atoms with E-state index in [0.29, 0.717) is 12.8 Å². The predicted octanol–water partition coefficient (Wildman–Crippen LogP) is 5.05. The molecule has 2 aliphatic heterocycles. The number of hydrogen-bond donors (Lipinski definition) is 9. The predicted molar refractivity (Wildman–Crippen MR) is 226 cm³/mol. The van der Waals surface area contributed by atoms with Gasteiger partial charge in [-0.1, -0.05) is 168 Å². The molecule has 9 N–H and O–H groups in total. The van der Waals surface area contributed by atoms with Crippen LogP contribution in [-0.2, 0) is 23.7 Å². The zero-order valence-electron chi connectivity index (χ0n) is 36.8. The van der Waals surface area contributed by atoms with Crippen molar-refractivity contribution in [1.29, 1.82) is 0 Å². The van der Waals surface area contributed by atoms with Crippen LogP contribution in [0.3, 0.4) is 0 Å². The van der Waals surface area contributed by atoms with Gasteiger partial charge in [0.05, 0.1) is 32.0 Å². The zero-order valence-corrected chi connectivity index (χ0v) is 36.8. The Labute approximate surface area is 355 Å². The highest BCUT2D eigenvalue weighted by molar-refractivity contribution is 5.76. The van der Waals surface area contributed by atoms with E-state index in [2.05, 4.69) is 19.2 Å². The average Bonchev–Trinajstić information content (AvgIpc) is 3.23. The first kappa shape index (κ1) is 54.1. The normalized spacial score (nSPS) is 28.4. The van der Waals surface area contributed by atoms with Crippen LogP contribution in [0.2, 0.25) is 0 Å². The van der Waals surface area contributed by atoms with Gasteiger partial charge in [-0.25, -0.2) is 0 Å². The highest BCUT2D eigenvalue weighted by Gasteiger charge is 2.51. The number of amides is 1. The highest BCUT2D eigenvalue weighted by Crippen LogP contribution is 2.30. The van der Waals surface area contributed by atoms with Crippen LogP contribution < -0.4 is 5.32 Å². The summed E-state index contributed by atoms with van der Waals surface area (Å²) in [5.74, 6) is -0.207. The summed E-state index contributed by atoms with van der Waals surface area (Å²) in [7, 11) is 0. The van der Waals surface area contributed by atoms with Crippen LogP contribution in [-0.4, -0.2) is 140 Å². The third kappa shape index (κ3) is 21.8. The van der Waals surface area contributed by atoms with Crippen LogP contribution in [0.15, 0.2) is 0 Å². The fourth-order valence-electron chi connectivity index (χ4n) is 8.12. The molecule has 59 heavy (non-hydrogen) atoms. The second-order valence-corrected chi connectivity index (χ2v) is 17.2. The lowest BCUT2D eigenvalue weighted by Gasteiger charge is -2.46. The van der Waals surface area contributed by atoms with Crippen molar-refractivity contribution in [2.75, 3.05) is 19.8 Å². The number of carbonyl (C=O) groups is 1. The molecule has 2 saturated heterocycles. The van der Waals surface area contributed by atoms with Crippen molar-refractivity contribution in [2.24, 2.45) is 0 Å². The minimum atomic E-state index is -1.78. The molecule has 2 heterocycles. The summed E-state index contributed by atoms with van der Waals surface area (Å²) in [6.07, 6.45) is 14.1. The first-order chi connectivity index (χ1) is 28.6. The third-order valence-electron chi connectivity index (χ3n) is 12.1. The minimum Gasteiger partial charge on any atom is -0.394 e. The summed E-state index contributed by atoms with van der Waals surface area (Å²) in [6, 6.07) is -0.818. The molecule has 14 heteroatoms. The van der Waals surface area contributed by atoms with E-state index in [9.17, 15) is 45.6 Å². The lowest BCUT2D eigenvalue weighted by Crippen LogP contribution is -2.65. The van der Waals surface area contributed by atoms with Gasteiger partial charge in [-0.15, -0.1) is 0 Å². The van der Waals surface area contributed by atoms with E-state index >= 15 is 0 Å². The number of aliphatic hydroxyl groups excluding tert-OH is 8. The maximum atomic E-state index is 13.1. The van der Waals surface area contributed by atoms with E-state index in [4.69, 9.17) is 18.9 Å². The molecule has 2 aliphatic rings. The SMILES string of the molecule is CCCCCCCCCCCCCCCCCCC(=O)N[C@@H](CO[C@@H]1O[C@H](CO)[C@@H](O[C@@H]2O[C@H](CO)[C@H](O)C(O)C2O)C(O)C1O)[C@H](O)CCCCCCCCCCC. The van der Waals surface area contributed by atoms with Gasteiger partial charge in [0.15, 0.2) is 12.6 Å². The molecule has 12 atom stereocenters. The number of carbonyl (C=O) groups excluding carboxylic acids is 1. The summed E-state index contributed by atoms with van der Waals surface area (Å²) >= 11 is 0. The van der Waals surface area contributed by atoms with Gasteiger partial charge in [-0.2, -0.15) is 0 Å². The highest BCUT2D eigenvalue weighted by atomic mass is 16.7. The molecule has 350 valence electrons. The molecular formula is C45H87NO13. The van der Waals surface area contributed by atoms with Crippen molar-refractivity contribution in [3.63, 3.8) is 0 Å². The van der Waals surface area contributed by atoms with Gasteiger partial charge in [0, 0.05) is 6.42 Å². The molecule has 0 aromatic rings. The molecule has 0 aliphatic carbocycles. The van der Waals surface area contributed by atoms with E-state index in [1.165, 1.54) is 109 Å². The van der Waals surface area contributed by atoms with Crippen LogP contribution in [0.25, 0.3) is 0 Å². The molecule has 0 aromatic carbocycles. The lowest BCUT2D eigenvalue weighted by atomic mass is 9.97. The zero-order chi connectivity index (χ0) is 43.3. The summed E-state index contributed by atoms with van der Waals surface area (Å²) < 4.78 is 22.7. The number of hydrogen-bond acceptors (Lipinski definition) is 13. The standard InChI is InChI=1S/C45H87NO13/c1-3-5-7-9-11-13-14-15-16-17-18-19-21-23-25-27-29-37(50)46-33(34(49)28-26-24-22-20-12-10-8-6-4-2)32-56-44-42(55)40(53)43(36(31-48)58-44)59-45-41(54)39(52)38(51)35(30-47)57-45/h33-36,38-45,47-49,51-55H,3-32H2,1-2H3,(H,46,50)/t33-,34+,35+,36+,38-,39?,40?,41?,42?,43+,44+,45-/m0/s1. The van der Waals surface area contributed by atoms with Gasteiger partial charge in [-0.05, 0) is 12.8 Å². The molecule has 0 bridgehead atoms. The Hall–Kier alpha value is -1.01. The van der Waals surface area contributed by atoms with E-state index in [1.807, 2.05) is 0 Å². The Kier molecular flexibility index (Phi) is 30.8. The van der Waals surface area contributed by atoms with E-state index in [-0.39, 0.29) is 12.5 Å². The van der Waals surface area contributed by atoms with Crippen LogP contribution in [0.4, 0.5) is 0 Å². The number of unbranched alkanes of at least 4 members (excludes halogenated alkanes) is 23. The van der Waals surface area contributed by atoms with Crippen LogP contribution in [0.5, 0.6) is 0 Å². The van der Waals surface area contributed by atoms with Gasteiger partial charge in [0.2, 0.25) is 5.91 Å². The van der Waals surface area contributed by atoms with Crippen LogP contribution in [0.1, 0.15) is 187 Å². The molecule has 0 spiro atoms. The van der Waals surface area contributed by atoms with Crippen molar-refractivity contribution in [1.82, 2.24) is 5.32 Å². The van der Waals surface area contributed by atoms with Gasteiger partial charge in [-0.3, -0.25) is 4.79 Å². The molecule has 0 saturated carbocycles. The number of aliphatic hydroxyl groups is 8. The molecule has 1 amide bonds. The molecule has 4 unspecified atom stereocenters. The van der Waals surface area contributed by atoms with Crippen molar-refractivity contribution >= 4 is 5.91 Å². The van der Waals surface area contributed by atoms with E-state index < -0.39 is 86.8 Å². The lowest BCUT2D eigenvalue weighted by molar-refractivity contribution is -0.359. The first-order valence-electron chi connectivity index (χ1n) is 23.8. The minimum absolute atomic E-state index is 0.207. The molecular weight excluding hydrogens is 762 g/mol. The Morgan fingerprint density at radius 1 is 0.542 bits per heavy atom. The Bertz CT molecular complexity index is 1010. The van der Waals surface area contributed by atoms with Crippen molar-refractivity contribution in [3.8, 4) is 0 Å². The first-order valence-corrected chi connectivity index (χ1v) is 23.8. The third-order valence-corrected chi connectivity index (χ3v) is 12.1. The Morgan fingerprint density at radius 2 is 0.966 bits per heavy atom. The molecule has 2 rings (SSSR count). The van der Waals surface area contributed by atoms with Crippen molar-refractivity contribution < 1.29 is 64.6 Å². The monoisotopic (exact) mass is 850 g/mol. The van der Waals surface area contributed by atoms with Crippen molar-refractivity contribution in [2.45, 2.75) is 261 Å². The van der Waals surface area contributed by atoms with Gasteiger partial charge in [0.25, 0.3) is 0 Å². The maximum absolute atomic E-state index is 13.1. The second kappa shape index (κ2) is 33.5. The Morgan fingerprint density at radius 3 is 1.44 bits per heavy atom. The van der Waals surface area contributed by atoms with Gasteiger partial charge in [0.1, 0.15) is 48.8 Å². The molecule has 2 fully saturated rings. The largest absolute Gasteiger partial charge is 0.394 e. The topological polar surface area (TPSA) is 228 Å². The fourth-order valence-corrected chi connectivity index (χ4v) is 8.12. The average molecular weight is 850 g/mol. The summed E-state index contributed by atoms with van der Waals surface area (Å²) in [6.45, 7) is 2.82. The van der Waals surface area contributed by atoms with Gasteiger partial charge < -0.3 is 65.1 Å². The van der Waals surface area contributed by atoms with E-state index in [0.717, 1.165) is 51.4 Å².